The molecule has 1 amide bonds. The first-order valence-electron chi connectivity index (χ1n) is 6.16. The van der Waals surface area contributed by atoms with E-state index in [9.17, 15) is 9.18 Å². The van der Waals surface area contributed by atoms with Crippen molar-refractivity contribution in [2.75, 3.05) is 5.32 Å². The molecule has 3 aromatic rings. The molecule has 0 aliphatic heterocycles. The van der Waals surface area contributed by atoms with Crippen LogP contribution in [0.5, 0.6) is 0 Å². The molecule has 3 rings (SSSR count). The Labute approximate surface area is 124 Å². The first kappa shape index (κ1) is 13.4. The summed E-state index contributed by atoms with van der Waals surface area (Å²) in [4.78, 5) is 20.8. The summed E-state index contributed by atoms with van der Waals surface area (Å²) in [5.74, 6) is -0.458. The highest BCUT2D eigenvalue weighted by atomic mass is 32.1. The highest BCUT2D eigenvalue weighted by molar-refractivity contribution is 7.12. The maximum Gasteiger partial charge on any atom is 0.269 e. The number of hydrogen-bond acceptors (Lipinski definition) is 4. The van der Waals surface area contributed by atoms with E-state index in [2.05, 4.69) is 15.3 Å². The van der Waals surface area contributed by atoms with E-state index < -0.39 is 5.82 Å². The lowest BCUT2D eigenvalue weighted by Crippen LogP contribution is -2.12. The Kier molecular flexibility index (Phi) is 3.70. The summed E-state index contributed by atoms with van der Waals surface area (Å²) in [6.45, 7) is 0. The fourth-order valence-electron chi connectivity index (χ4n) is 1.83. The van der Waals surface area contributed by atoms with Crippen molar-refractivity contribution in [3.63, 3.8) is 0 Å². The van der Waals surface area contributed by atoms with E-state index in [1.54, 1.807) is 5.51 Å². The second-order valence-corrected chi connectivity index (χ2v) is 5.07. The third-order valence-corrected chi connectivity index (χ3v) is 3.62. The van der Waals surface area contributed by atoms with Crippen molar-refractivity contribution in [3.05, 3.63) is 64.9 Å². The fraction of sp³-hybridized carbons (Fsp3) is 0. The monoisotopic (exact) mass is 299 g/mol. The molecule has 0 bridgehead atoms. The van der Waals surface area contributed by atoms with Crippen LogP contribution in [0.3, 0.4) is 0 Å². The van der Waals surface area contributed by atoms with Gasteiger partial charge in [0.15, 0.2) is 0 Å². The van der Waals surface area contributed by atoms with Gasteiger partial charge in [0.1, 0.15) is 16.5 Å². The molecular weight excluding hydrogens is 289 g/mol. The van der Waals surface area contributed by atoms with Gasteiger partial charge in [-0.2, -0.15) is 0 Å². The Bertz CT molecular complexity index is 756. The number of anilines is 1. The summed E-state index contributed by atoms with van der Waals surface area (Å²) >= 11 is 1.25. The van der Waals surface area contributed by atoms with Crippen molar-refractivity contribution < 1.29 is 9.18 Å². The number of carbonyl (C=O) groups excluding carboxylic acids is 1. The van der Waals surface area contributed by atoms with Crippen LogP contribution in [0.15, 0.2) is 54.2 Å². The predicted octanol–water partition coefficient (Wildman–Crippen LogP) is 3.60. The lowest BCUT2D eigenvalue weighted by Gasteiger charge is -2.04. The summed E-state index contributed by atoms with van der Waals surface area (Å²) in [5.41, 5.74) is 3.12. The van der Waals surface area contributed by atoms with E-state index in [4.69, 9.17) is 0 Å². The van der Waals surface area contributed by atoms with Crippen LogP contribution in [0, 0.1) is 5.82 Å². The molecule has 0 saturated heterocycles. The van der Waals surface area contributed by atoms with Crippen molar-refractivity contribution in [1.29, 1.82) is 0 Å². The third kappa shape index (κ3) is 2.95. The van der Waals surface area contributed by atoms with E-state index in [1.807, 2.05) is 30.3 Å². The van der Waals surface area contributed by atoms with Gasteiger partial charge in [0, 0.05) is 5.56 Å². The molecule has 104 valence electrons. The number of aromatic nitrogens is 2. The molecule has 6 heteroatoms. The first-order chi connectivity index (χ1) is 10.2. The fourth-order valence-corrected chi connectivity index (χ4v) is 2.54. The molecule has 1 N–H and O–H groups in total. The molecule has 0 unspecified atom stereocenters. The number of amides is 1. The minimum Gasteiger partial charge on any atom is -0.306 e. The van der Waals surface area contributed by atoms with E-state index >= 15 is 0 Å². The maximum absolute atomic E-state index is 12.8. The highest BCUT2D eigenvalue weighted by Crippen LogP contribution is 2.25. The molecule has 0 radical (unpaired) electrons. The molecule has 0 fully saturated rings. The van der Waals surface area contributed by atoms with Gasteiger partial charge in [0.05, 0.1) is 17.4 Å². The van der Waals surface area contributed by atoms with Gasteiger partial charge in [-0.3, -0.25) is 4.79 Å². The summed E-state index contributed by atoms with van der Waals surface area (Å²) < 4.78 is 12.8. The molecule has 4 nitrogen and oxygen atoms in total. The summed E-state index contributed by atoms with van der Waals surface area (Å²) in [6, 6.07) is 12.1. The molecule has 0 atom stereocenters. The van der Waals surface area contributed by atoms with Gasteiger partial charge in [-0.1, -0.05) is 30.3 Å². The van der Waals surface area contributed by atoms with Gasteiger partial charge >= 0.3 is 0 Å². The zero-order chi connectivity index (χ0) is 14.7. The van der Waals surface area contributed by atoms with Crippen LogP contribution >= 0.6 is 11.3 Å². The lowest BCUT2D eigenvalue weighted by molar-refractivity contribution is 0.103. The molecular formula is C15H10FN3OS. The zero-order valence-electron chi connectivity index (χ0n) is 10.8. The zero-order valence-corrected chi connectivity index (χ0v) is 11.6. The van der Waals surface area contributed by atoms with E-state index in [-0.39, 0.29) is 5.91 Å². The molecule has 0 aliphatic carbocycles. The number of rotatable bonds is 3. The van der Waals surface area contributed by atoms with E-state index in [1.165, 1.54) is 23.5 Å². The van der Waals surface area contributed by atoms with Crippen molar-refractivity contribution in [2.45, 2.75) is 0 Å². The Morgan fingerprint density at radius 1 is 1.10 bits per heavy atom. The van der Waals surface area contributed by atoms with Crippen molar-refractivity contribution in [3.8, 4) is 11.3 Å². The van der Waals surface area contributed by atoms with Crippen LogP contribution in [-0.4, -0.2) is 15.9 Å². The molecule has 1 aromatic carbocycles. The summed E-state index contributed by atoms with van der Waals surface area (Å²) in [7, 11) is 0. The number of benzene rings is 1. The Balaban J connectivity index is 1.86. The molecule has 2 heterocycles. The second kappa shape index (κ2) is 5.80. The number of hydrogen-bond donors (Lipinski definition) is 1. The maximum atomic E-state index is 12.8. The molecule has 0 saturated carbocycles. The van der Waals surface area contributed by atoms with Crippen molar-refractivity contribution in [2.24, 2.45) is 0 Å². The standard InChI is InChI=1S/C15H10FN3OS/c16-11-6-7-12(17-8-11)19-15(20)14-13(18-9-21-14)10-4-2-1-3-5-10/h1-9H,(H,17,19,20). The van der Waals surface area contributed by atoms with Crippen molar-refractivity contribution >= 4 is 23.1 Å². The van der Waals surface area contributed by atoms with Crippen molar-refractivity contribution in [1.82, 2.24) is 9.97 Å². The molecule has 21 heavy (non-hydrogen) atoms. The first-order valence-corrected chi connectivity index (χ1v) is 7.04. The minimum absolute atomic E-state index is 0.300. The number of thiazole rings is 1. The van der Waals surface area contributed by atoms with E-state index in [0.717, 1.165) is 11.8 Å². The van der Waals surface area contributed by atoms with Gasteiger partial charge < -0.3 is 5.32 Å². The Morgan fingerprint density at radius 3 is 2.62 bits per heavy atom. The normalized spacial score (nSPS) is 10.3. The van der Waals surface area contributed by atoms with Crippen LogP contribution in [-0.2, 0) is 0 Å². The van der Waals surface area contributed by atoms with Gasteiger partial charge in [-0.15, -0.1) is 11.3 Å². The number of carbonyl (C=O) groups is 1. The van der Waals surface area contributed by atoms with Gasteiger partial charge in [-0.05, 0) is 12.1 Å². The van der Waals surface area contributed by atoms with Gasteiger partial charge in [0.2, 0.25) is 0 Å². The Morgan fingerprint density at radius 2 is 1.90 bits per heavy atom. The largest absolute Gasteiger partial charge is 0.306 e. The number of nitrogens with zero attached hydrogens (tertiary/aromatic N) is 2. The quantitative estimate of drug-likeness (QED) is 0.804. The van der Waals surface area contributed by atoms with Crippen LogP contribution < -0.4 is 5.32 Å². The smallest absolute Gasteiger partial charge is 0.269 e. The number of nitrogens with one attached hydrogen (secondary N) is 1. The number of pyridine rings is 1. The van der Waals surface area contributed by atoms with E-state index in [0.29, 0.717) is 16.4 Å². The third-order valence-electron chi connectivity index (χ3n) is 2.79. The van der Waals surface area contributed by atoms with Gasteiger partial charge in [-0.25, -0.2) is 14.4 Å². The topological polar surface area (TPSA) is 54.9 Å². The molecule has 0 aliphatic rings. The molecule has 0 spiro atoms. The van der Waals surface area contributed by atoms with Crippen LogP contribution in [0.1, 0.15) is 9.67 Å². The lowest BCUT2D eigenvalue weighted by atomic mass is 10.1. The van der Waals surface area contributed by atoms with Crippen LogP contribution in [0.4, 0.5) is 10.2 Å². The SMILES string of the molecule is O=C(Nc1ccc(F)cn1)c1scnc1-c1ccccc1. The van der Waals surface area contributed by atoms with Crippen LogP contribution in [0.25, 0.3) is 11.3 Å². The average Bonchev–Trinajstić information content (AvgIpc) is 3.00. The van der Waals surface area contributed by atoms with Gasteiger partial charge in [0.25, 0.3) is 5.91 Å². The summed E-state index contributed by atoms with van der Waals surface area (Å²) in [6.07, 6.45) is 1.06. The predicted molar refractivity (Wildman–Crippen MR) is 79.7 cm³/mol. The molecule has 2 aromatic heterocycles. The van der Waals surface area contributed by atoms with Crippen LogP contribution in [0.2, 0.25) is 0 Å². The average molecular weight is 299 g/mol. The minimum atomic E-state index is -0.448. The Hall–Kier alpha value is -2.60. The second-order valence-electron chi connectivity index (χ2n) is 4.21. The summed E-state index contributed by atoms with van der Waals surface area (Å²) in [5, 5.41) is 2.64. The highest BCUT2D eigenvalue weighted by Gasteiger charge is 2.16. The number of halogens is 1.